The van der Waals surface area contributed by atoms with Gasteiger partial charge >= 0.3 is 6.18 Å². The SMILES string of the molecule is CC(Sc1nnnn1CC1CCCO1)C(=O)Nc1ccc(Cl)cc1C(F)(F)F. The van der Waals surface area contributed by atoms with Gasteiger partial charge in [0, 0.05) is 11.6 Å². The van der Waals surface area contributed by atoms with Crippen LogP contribution in [0.15, 0.2) is 23.4 Å². The van der Waals surface area contributed by atoms with Crippen LogP contribution in [0.2, 0.25) is 5.02 Å². The molecule has 1 fully saturated rings. The predicted molar refractivity (Wildman–Crippen MR) is 97.2 cm³/mol. The van der Waals surface area contributed by atoms with Crippen molar-refractivity contribution >= 4 is 35.0 Å². The molecule has 1 aliphatic heterocycles. The smallest absolute Gasteiger partial charge is 0.376 e. The van der Waals surface area contributed by atoms with Crippen LogP contribution in [0.25, 0.3) is 0 Å². The van der Waals surface area contributed by atoms with E-state index < -0.39 is 22.9 Å². The summed E-state index contributed by atoms with van der Waals surface area (Å²) in [6.07, 6.45) is -2.77. The molecular formula is C16H17ClF3N5O2S. The number of aromatic nitrogens is 4. The molecule has 0 spiro atoms. The Morgan fingerprint density at radius 3 is 2.96 bits per heavy atom. The Hall–Kier alpha value is -1.85. The van der Waals surface area contributed by atoms with Gasteiger partial charge in [0.25, 0.3) is 0 Å². The summed E-state index contributed by atoms with van der Waals surface area (Å²) < 4.78 is 46.6. The van der Waals surface area contributed by atoms with Gasteiger partial charge in [-0.2, -0.15) is 13.2 Å². The molecule has 28 heavy (non-hydrogen) atoms. The molecule has 0 aliphatic carbocycles. The summed E-state index contributed by atoms with van der Waals surface area (Å²) in [6, 6.07) is 3.19. The summed E-state index contributed by atoms with van der Waals surface area (Å²) >= 11 is 6.71. The van der Waals surface area contributed by atoms with E-state index in [-0.39, 0.29) is 16.8 Å². The van der Waals surface area contributed by atoms with Crippen LogP contribution in [0.4, 0.5) is 18.9 Å². The fourth-order valence-corrected chi connectivity index (χ4v) is 3.65. The number of halogens is 4. The fraction of sp³-hybridized carbons (Fsp3) is 0.500. The Balaban J connectivity index is 1.67. The molecule has 1 aliphatic rings. The third kappa shape index (κ3) is 5.15. The lowest BCUT2D eigenvalue weighted by Crippen LogP contribution is -2.25. The average molecular weight is 436 g/mol. The molecule has 1 N–H and O–H groups in total. The number of carbonyl (C=O) groups is 1. The molecule has 0 radical (unpaired) electrons. The Kier molecular flexibility index (Phi) is 6.46. The highest BCUT2D eigenvalue weighted by Crippen LogP contribution is 2.37. The highest BCUT2D eigenvalue weighted by molar-refractivity contribution is 8.00. The minimum atomic E-state index is -4.64. The first-order valence-electron chi connectivity index (χ1n) is 8.46. The number of alkyl halides is 3. The second-order valence-electron chi connectivity index (χ2n) is 6.22. The molecule has 2 aromatic rings. The van der Waals surface area contributed by atoms with Crippen LogP contribution in [0.5, 0.6) is 0 Å². The summed E-state index contributed by atoms with van der Waals surface area (Å²) in [5.41, 5.74) is -1.36. The Morgan fingerprint density at radius 1 is 1.50 bits per heavy atom. The molecule has 7 nitrogen and oxygen atoms in total. The maximum Gasteiger partial charge on any atom is 0.418 e. The van der Waals surface area contributed by atoms with Gasteiger partial charge in [0.05, 0.1) is 29.1 Å². The van der Waals surface area contributed by atoms with Gasteiger partial charge in [-0.3, -0.25) is 4.79 Å². The van der Waals surface area contributed by atoms with Gasteiger partial charge in [-0.05, 0) is 48.4 Å². The molecule has 1 amide bonds. The first-order valence-corrected chi connectivity index (χ1v) is 9.72. The highest BCUT2D eigenvalue weighted by Gasteiger charge is 2.34. The van der Waals surface area contributed by atoms with E-state index >= 15 is 0 Å². The van der Waals surface area contributed by atoms with Crippen LogP contribution in [-0.2, 0) is 22.3 Å². The standard InChI is InChI=1S/C16H17ClF3N5O2S/c1-9(28-15-22-23-24-25(15)8-11-3-2-6-27-11)14(26)21-13-5-4-10(17)7-12(13)16(18,19)20/h4-5,7,9,11H,2-3,6,8H2,1H3,(H,21,26). The van der Waals surface area contributed by atoms with E-state index in [2.05, 4.69) is 20.8 Å². The van der Waals surface area contributed by atoms with Crippen LogP contribution in [-0.4, -0.2) is 44.1 Å². The van der Waals surface area contributed by atoms with E-state index in [0.717, 1.165) is 36.7 Å². The third-order valence-electron chi connectivity index (χ3n) is 4.10. The molecule has 0 bridgehead atoms. The lowest BCUT2D eigenvalue weighted by atomic mass is 10.1. The summed E-state index contributed by atoms with van der Waals surface area (Å²) in [7, 11) is 0. The summed E-state index contributed by atoms with van der Waals surface area (Å²) in [5, 5.41) is 13.3. The van der Waals surface area contributed by atoms with Gasteiger partial charge in [-0.15, -0.1) is 5.10 Å². The van der Waals surface area contributed by atoms with Crippen LogP contribution < -0.4 is 5.32 Å². The number of nitrogens with one attached hydrogen (secondary N) is 1. The van der Waals surface area contributed by atoms with E-state index in [4.69, 9.17) is 16.3 Å². The number of thioether (sulfide) groups is 1. The van der Waals surface area contributed by atoms with E-state index in [1.165, 1.54) is 10.7 Å². The van der Waals surface area contributed by atoms with Gasteiger partial charge in [0.15, 0.2) is 0 Å². The number of tetrazole rings is 1. The largest absolute Gasteiger partial charge is 0.418 e. The quantitative estimate of drug-likeness (QED) is 0.697. The van der Waals surface area contributed by atoms with Crippen molar-refractivity contribution in [3.63, 3.8) is 0 Å². The van der Waals surface area contributed by atoms with Crippen molar-refractivity contribution in [2.75, 3.05) is 11.9 Å². The third-order valence-corrected chi connectivity index (χ3v) is 5.40. The van der Waals surface area contributed by atoms with Crippen LogP contribution in [0.1, 0.15) is 25.3 Å². The summed E-state index contributed by atoms with van der Waals surface area (Å²) in [5.74, 6) is -0.607. The number of amides is 1. The zero-order valence-electron chi connectivity index (χ0n) is 14.7. The molecule has 2 heterocycles. The molecule has 2 atom stereocenters. The van der Waals surface area contributed by atoms with Crippen molar-refractivity contribution in [2.24, 2.45) is 0 Å². The molecule has 1 aromatic carbocycles. The zero-order chi connectivity index (χ0) is 20.3. The van der Waals surface area contributed by atoms with E-state index in [1.807, 2.05) is 0 Å². The van der Waals surface area contributed by atoms with Gasteiger partial charge in [-0.1, -0.05) is 23.4 Å². The number of ether oxygens (including phenoxy) is 1. The van der Waals surface area contributed by atoms with Gasteiger partial charge in [0.2, 0.25) is 11.1 Å². The van der Waals surface area contributed by atoms with Gasteiger partial charge in [0.1, 0.15) is 0 Å². The molecule has 2 unspecified atom stereocenters. The predicted octanol–water partition coefficient (Wildman–Crippen LogP) is 3.64. The number of anilines is 1. The van der Waals surface area contributed by atoms with Crippen molar-refractivity contribution in [1.29, 1.82) is 0 Å². The van der Waals surface area contributed by atoms with Crippen LogP contribution in [0, 0.1) is 0 Å². The number of hydrogen-bond acceptors (Lipinski definition) is 6. The second-order valence-corrected chi connectivity index (χ2v) is 7.96. The normalized spacial score (nSPS) is 18.2. The topological polar surface area (TPSA) is 81.9 Å². The zero-order valence-corrected chi connectivity index (χ0v) is 16.3. The van der Waals surface area contributed by atoms with E-state index in [9.17, 15) is 18.0 Å². The van der Waals surface area contributed by atoms with Crippen molar-refractivity contribution in [1.82, 2.24) is 20.2 Å². The van der Waals surface area contributed by atoms with Crippen molar-refractivity contribution in [3.05, 3.63) is 28.8 Å². The maximum atomic E-state index is 13.2. The van der Waals surface area contributed by atoms with E-state index in [0.29, 0.717) is 18.3 Å². The highest BCUT2D eigenvalue weighted by atomic mass is 35.5. The number of benzene rings is 1. The monoisotopic (exact) mass is 435 g/mol. The molecule has 3 rings (SSSR count). The lowest BCUT2D eigenvalue weighted by molar-refractivity contribution is -0.137. The number of carbonyl (C=O) groups excluding carboxylic acids is 1. The van der Waals surface area contributed by atoms with Gasteiger partial charge in [-0.25, -0.2) is 4.68 Å². The van der Waals surface area contributed by atoms with Crippen molar-refractivity contribution in [3.8, 4) is 0 Å². The second kappa shape index (κ2) is 8.66. The minimum absolute atomic E-state index is 0.00962. The molecule has 0 saturated carbocycles. The first kappa shape index (κ1) is 20.9. The van der Waals surface area contributed by atoms with Crippen LogP contribution >= 0.6 is 23.4 Å². The van der Waals surface area contributed by atoms with Gasteiger partial charge < -0.3 is 10.1 Å². The van der Waals surface area contributed by atoms with E-state index in [1.54, 1.807) is 6.92 Å². The molecule has 12 heteroatoms. The Bertz CT molecular complexity index is 842. The molecule has 1 saturated heterocycles. The van der Waals surface area contributed by atoms with Crippen LogP contribution in [0.3, 0.4) is 0 Å². The van der Waals surface area contributed by atoms with Crippen molar-refractivity contribution < 1.29 is 22.7 Å². The number of nitrogens with zero attached hydrogens (tertiary/aromatic N) is 4. The average Bonchev–Trinajstić information content (AvgIpc) is 3.28. The summed E-state index contributed by atoms with van der Waals surface area (Å²) in [6.45, 7) is 2.71. The molecule has 1 aromatic heterocycles. The Morgan fingerprint density at radius 2 is 2.29 bits per heavy atom. The Labute approximate surface area is 167 Å². The number of rotatable bonds is 6. The lowest BCUT2D eigenvalue weighted by Gasteiger charge is -2.16. The minimum Gasteiger partial charge on any atom is -0.376 e. The number of hydrogen-bond donors (Lipinski definition) is 1. The molecular weight excluding hydrogens is 419 g/mol. The summed E-state index contributed by atoms with van der Waals surface area (Å²) in [4.78, 5) is 12.4. The van der Waals surface area contributed by atoms with Crippen molar-refractivity contribution in [2.45, 2.75) is 49.0 Å². The first-order chi connectivity index (χ1) is 13.2. The maximum absolute atomic E-state index is 13.2. The molecule has 152 valence electrons. The fourth-order valence-electron chi connectivity index (χ4n) is 2.68.